The van der Waals surface area contributed by atoms with Gasteiger partial charge in [-0.05, 0) is 58.1 Å². The van der Waals surface area contributed by atoms with Crippen molar-refractivity contribution in [2.75, 3.05) is 13.2 Å². The molecule has 0 aliphatic carbocycles. The van der Waals surface area contributed by atoms with Crippen molar-refractivity contribution in [3.05, 3.63) is 39.9 Å². The van der Waals surface area contributed by atoms with Crippen LogP contribution in [0.15, 0.2) is 35.1 Å². The molecule has 0 amide bonds. The molecule has 2 rings (SSSR count). The monoisotopic (exact) mass is 376 g/mol. The molecule has 1 aromatic carbocycles. The van der Waals surface area contributed by atoms with Crippen LogP contribution in [-0.4, -0.2) is 19.2 Å². The van der Waals surface area contributed by atoms with Crippen molar-refractivity contribution in [2.24, 2.45) is 5.41 Å². The molecular formula is C21H28O4S. The van der Waals surface area contributed by atoms with Gasteiger partial charge in [0.1, 0.15) is 5.75 Å². The van der Waals surface area contributed by atoms with Crippen LogP contribution in [0.2, 0.25) is 0 Å². The number of ether oxygens (including phenoxy) is 2. The minimum atomic E-state index is -0.395. The highest BCUT2D eigenvalue weighted by Crippen LogP contribution is 2.26. The van der Waals surface area contributed by atoms with Crippen LogP contribution in [-0.2, 0) is 9.53 Å². The molecule has 0 unspecified atom stereocenters. The first-order valence-corrected chi connectivity index (χ1v) is 10.1. The van der Waals surface area contributed by atoms with E-state index in [9.17, 15) is 9.59 Å². The Morgan fingerprint density at radius 3 is 2.50 bits per heavy atom. The number of carbonyl (C=O) groups excluding carboxylic acids is 1. The van der Waals surface area contributed by atoms with Gasteiger partial charge in [0.05, 0.1) is 18.6 Å². The van der Waals surface area contributed by atoms with Crippen molar-refractivity contribution in [2.45, 2.75) is 52.9 Å². The number of hydrogen-bond acceptors (Lipinski definition) is 5. The molecule has 0 aliphatic rings. The molecule has 0 fully saturated rings. The fourth-order valence-electron chi connectivity index (χ4n) is 2.45. The largest absolute Gasteiger partial charge is 0.493 e. The Hall–Kier alpha value is -1.88. The lowest BCUT2D eigenvalue weighted by molar-refractivity contribution is -0.154. The second-order valence-electron chi connectivity index (χ2n) is 7.06. The molecule has 2 aromatic rings. The third-order valence-corrected chi connectivity index (χ3v) is 5.47. The summed E-state index contributed by atoms with van der Waals surface area (Å²) in [6.07, 6.45) is 4.56. The lowest BCUT2D eigenvalue weighted by atomic mass is 9.91. The van der Waals surface area contributed by atoms with Crippen molar-refractivity contribution in [3.8, 4) is 5.75 Å². The summed E-state index contributed by atoms with van der Waals surface area (Å²) in [4.78, 5) is 23.6. The Morgan fingerprint density at radius 2 is 1.77 bits per heavy atom. The van der Waals surface area contributed by atoms with Gasteiger partial charge in [0, 0.05) is 16.2 Å². The van der Waals surface area contributed by atoms with E-state index >= 15 is 0 Å². The third kappa shape index (κ3) is 5.84. The molecule has 0 saturated heterocycles. The first-order valence-electron chi connectivity index (χ1n) is 9.27. The van der Waals surface area contributed by atoms with Crippen LogP contribution in [0.25, 0.3) is 10.1 Å². The van der Waals surface area contributed by atoms with Crippen LogP contribution in [0, 0.1) is 5.41 Å². The molecule has 1 aromatic heterocycles. The lowest BCUT2D eigenvalue weighted by Crippen LogP contribution is -2.26. The van der Waals surface area contributed by atoms with E-state index < -0.39 is 5.41 Å². The van der Waals surface area contributed by atoms with E-state index in [1.54, 1.807) is 6.07 Å². The summed E-state index contributed by atoms with van der Waals surface area (Å²) < 4.78 is 12.1. The van der Waals surface area contributed by atoms with Gasteiger partial charge in [0.15, 0.2) is 0 Å². The predicted molar refractivity (Wildman–Crippen MR) is 107 cm³/mol. The minimum Gasteiger partial charge on any atom is -0.493 e. The van der Waals surface area contributed by atoms with Gasteiger partial charge in [-0.1, -0.05) is 30.4 Å². The van der Waals surface area contributed by atoms with Gasteiger partial charge in [-0.25, -0.2) is 0 Å². The average molecular weight is 377 g/mol. The zero-order valence-corrected chi connectivity index (χ0v) is 16.7. The van der Waals surface area contributed by atoms with Crippen LogP contribution in [0.4, 0.5) is 0 Å². The molecule has 0 saturated carbocycles. The summed E-state index contributed by atoms with van der Waals surface area (Å²) in [5, 5.41) is 0.988. The van der Waals surface area contributed by atoms with E-state index in [4.69, 9.17) is 9.47 Å². The van der Waals surface area contributed by atoms with Crippen LogP contribution in [0.3, 0.4) is 0 Å². The maximum Gasteiger partial charge on any atom is 0.311 e. The van der Waals surface area contributed by atoms with Crippen molar-refractivity contribution < 1.29 is 14.3 Å². The number of carbonyl (C=O) groups is 1. The maximum atomic E-state index is 11.9. The van der Waals surface area contributed by atoms with E-state index in [0.717, 1.165) is 42.2 Å². The molecule has 0 atom stereocenters. The molecule has 5 heteroatoms. The highest BCUT2D eigenvalue weighted by Gasteiger charge is 2.26. The number of benzene rings is 1. The molecule has 4 nitrogen and oxygen atoms in total. The van der Waals surface area contributed by atoms with Crippen LogP contribution in [0.1, 0.15) is 52.9 Å². The fourth-order valence-corrected chi connectivity index (χ4v) is 3.25. The minimum absolute atomic E-state index is 0.00974. The van der Waals surface area contributed by atoms with Crippen molar-refractivity contribution in [1.82, 2.24) is 0 Å². The predicted octanol–water partition coefficient (Wildman–Crippen LogP) is 5.18. The van der Waals surface area contributed by atoms with Gasteiger partial charge in [-0.2, -0.15) is 0 Å². The lowest BCUT2D eigenvalue weighted by Gasteiger charge is -2.20. The van der Waals surface area contributed by atoms with Crippen molar-refractivity contribution in [1.29, 1.82) is 0 Å². The standard InChI is InChI=1S/C21H28O4S/c1-4-21(2,3)20(23)25-14-10-6-5-9-13-24-17-15-19(22)26-18-12-8-7-11-16(17)18/h7-8,11-12,15H,4-6,9-10,13-14H2,1-3H3. The summed E-state index contributed by atoms with van der Waals surface area (Å²) in [6.45, 7) is 6.88. The molecule has 1 heterocycles. The van der Waals surface area contributed by atoms with Crippen molar-refractivity contribution >= 4 is 27.4 Å². The summed E-state index contributed by atoms with van der Waals surface area (Å²) in [5.41, 5.74) is -0.395. The third-order valence-electron chi connectivity index (χ3n) is 4.58. The second kappa shape index (κ2) is 9.72. The van der Waals surface area contributed by atoms with E-state index in [2.05, 4.69) is 0 Å². The number of hydrogen-bond donors (Lipinski definition) is 0. The maximum absolute atomic E-state index is 11.9. The first-order chi connectivity index (χ1) is 12.4. The molecule has 0 radical (unpaired) electrons. The highest BCUT2D eigenvalue weighted by atomic mass is 32.1. The van der Waals surface area contributed by atoms with E-state index in [1.807, 2.05) is 45.0 Å². The second-order valence-corrected chi connectivity index (χ2v) is 8.11. The van der Waals surface area contributed by atoms with Gasteiger partial charge in [-0.3, -0.25) is 9.59 Å². The summed E-state index contributed by atoms with van der Waals surface area (Å²) >= 11 is 1.24. The Balaban J connectivity index is 1.66. The highest BCUT2D eigenvalue weighted by molar-refractivity contribution is 7.16. The van der Waals surface area contributed by atoms with Gasteiger partial charge >= 0.3 is 5.97 Å². The quantitative estimate of drug-likeness (QED) is 0.423. The molecule has 0 aliphatic heterocycles. The van der Waals surface area contributed by atoms with Gasteiger partial charge < -0.3 is 9.47 Å². The van der Waals surface area contributed by atoms with E-state index in [0.29, 0.717) is 19.0 Å². The zero-order chi connectivity index (χ0) is 19.0. The fraction of sp³-hybridized carbons (Fsp3) is 0.524. The van der Waals surface area contributed by atoms with Gasteiger partial charge in [0.25, 0.3) is 0 Å². The molecule has 0 bridgehead atoms. The van der Waals surface area contributed by atoms with Crippen LogP contribution < -0.4 is 9.48 Å². The Labute approximate surface area is 159 Å². The summed E-state index contributed by atoms with van der Waals surface area (Å²) in [7, 11) is 0. The normalized spacial score (nSPS) is 11.5. The molecule has 0 spiro atoms. The Kier molecular flexibility index (Phi) is 7.64. The van der Waals surface area contributed by atoms with E-state index in [1.165, 1.54) is 11.3 Å². The number of esters is 1. The number of rotatable bonds is 10. The molecule has 26 heavy (non-hydrogen) atoms. The molecule has 0 N–H and O–H groups in total. The van der Waals surface area contributed by atoms with Gasteiger partial charge in [0.2, 0.25) is 4.74 Å². The van der Waals surface area contributed by atoms with Crippen LogP contribution >= 0.6 is 11.3 Å². The molecular weight excluding hydrogens is 348 g/mol. The summed E-state index contributed by atoms with van der Waals surface area (Å²) in [6, 6.07) is 9.37. The number of fused-ring (bicyclic) bond motifs is 1. The SMILES string of the molecule is CCC(C)(C)C(=O)OCCCCCCOc1cc(=O)sc2ccccc12. The van der Waals surface area contributed by atoms with Crippen molar-refractivity contribution in [3.63, 3.8) is 0 Å². The van der Waals surface area contributed by atoms with E-state index in [-0.39, 0.29) is 10.7 Å². The average Bonchev–Trinajstić information content (AvgIpc) is 2.63. The first kappa shape index (κ1) is 20.4. The van der Waals surface area contributed by atoms with Crippen LogP contribution in [0.5, 0.6) is 5.75 Å². The smallest absolute Gasteiger partial charge is 0.311 e. The molecule has 142 valence electrons. The topological polar surface area (TPSA) is 52.6 Å². The number of unbranched alkanes of at least 4 members (excludes halogenated alkanes) is 3. The zero-order valence-electron chi connectivity index (χ0n) is 15.9. The Bertz CT molecular complexity index is 779. The summed E-state index contributed by atoms with van der Waals surface area (Å²) in [5.74, 6) is 0.550. The van der Waals surface area contributed by atoms with Gasteiger partial charge in [-0.15, -0.1) is 0 Å². The Morgan fingerprint density at radius 1 is 1.08 bits per heavy atom.